The first-order valence-corrected chi connectivity index (χ1v) is 9.47. The first-order chi connectivity index (χ1) is 12.7. The molecule has 0 saturated carbocycles. The minimum Gasteiger partial charge on any atom is -0.0619 e. The van der Waals surface area contributed by atoms with Gasteiger partial charge in [-0.2, -0.15) is 0 Å². The van der Waals surface area contributed by atoms with Crippen LogP contribution >= 0.6 is 0 Å². The van der Waals surface area contributed by atoms with Crippen molar-refractivity contribution < 1.29 is 0 Å². The van der Waals surface area contributed by atoms with Gasteiger partial charge in [-0.15, -0.1) is 0 Å². The van der Waals surface area contributed by atoms with Crippen molar-refractivity contribution in [2.24, 2.45) is 0 Å². The van der Waals surface area contributed by atoms with Gasteiger partial charge in [0.05, 0.1) is 0 Å². The number of aryl methyl sites for hydroxylation is 2. The fourth-order valence-corrected chi connectivity index (χ4v) is 5.34. The van der Waals surface area contributed by atoms with Crippen molar-refractivity contribution in [3.8, 4) is 22.3 Å². The molecule has 0 fully saturated rings. The first-order valence-electron chi connectivity index (χ1n) is 9.47. The van der Waals surface area contributed by atoms with E-state index in [1.165, 1.54) is 60.8 Å². The average Bonchev–Trinajstić information content (AvgIpc) is 3.20. The first kappa shape index (κ1) is 14.3. The Morgan fingerprint density at radius 3 is 2.15 bits per heavy atom. The predicted octanol–water partition coefficient (Wildman–Crippen LogP) is 6.60. The number of hydrogen-bond donors (Lipinski definition) is 0. The zero-order chi connectivity index (χ0) is 17.4. The summed E-state index contributed by atoms with van der Waals surface area (Å²) in [5.74, 6) is 0. The largest absolute Gasteiger partial charge is 0.0619 e. The summed E-state index contributed by atoms with van der Waals surface area (Å²) in [4.78, 5) is 0. The molecule has 0 nitrogen and oxygen atoms in total. The average molecular weight is 332 g/mol. The fourth-order valence-electron chi connectivity index (χ4n) is 5.34. The molecule has 4 aromatic rings. The van der Waals surface area contributed by atoms with E-state index in [9.17, 15) is 0 Å². The van der Waals surface area contributed by atoms with Crippen molar-refractivity contribution in [2.45, 2.75) is 26.7 Å². The molecule has 26 heavy (non-hydrogen) atoms. The second kappa shape index (κ2) is 4.86. The standard InChI is InChI=1S/C26H20/c1-15-11-18-13-19-12-16(2)24-21-9-4-3-7-17(21)14-23(24)26(19)25(18)22-10-6-5-8-20(15)22/h3-12H,13-14H2,1-2H3. The van der Waals surface area contributed by atoms with E-state index in [2.05, 4.69) is 74.5 Å². The lowest BCUT2D eigenvalue weighted by Gasteiger charge is -2.14. The Bertz CT molecular complexity index is 1240. The molecule has 0 aliphatic heterocycles. The molecule has 0 N–H and O–H groups in total. The minimum atomic E-state index is 1.07. The monoisotopic (exact) mass is 332 g/mol. The maximum atomic E-state index is 2.44. The number of fused-ring (bicyclic) bond motifs is 9. The summed E-state index contributed by atoms with van der Waals surface area (Å²) in [5.41, 5.74) is 14.8. The maximum absolute atomic E-state index is 2.44. The van der Waals surface area contributed by atoms with Crippen LogP contribution in [-0.2, 0) is 12.8 Å². The molecule has 0 aromatic heterocycles. The van der Waals surface area contributed by atoms with Crippen LogP contribution in [0.25, 0.3) is 33.0 Å². The summed E-state index contributed by atoms with van der Waals surface area (Å²) in [6.45, 7) is 4.53. The molecule has 0 bridgehead atoms. The Labute approximate surface area is 154 Å². The van der Waals surface area contributed by atoms with Crippen LogP contribution in [0.2, 0.25) is 0 Å². The van der Waals surface area contributed by atoms with Crippen LogP contribution in [-0.4, -0.2) is 0 Å². The molecule has 0 spiro atoms. The van der Waals surface area contributed by atoms with Crippen LogP contribution < -0.4 is 0 Å². The summed E-state index contributed by atoms with van der Waals surface area (Å²) in [7, 11) is 0. The molecule has 0 heterocycles. The molecular formula is C26H20. The molecule has 0 saturated heterocycles. The minimum absolute atomic E-state index is 1.07. The van der Waals surface area contributed by atoms with E-state index in [1.54, 1.807) is 5.56 Å². The highest BCUT2D eigenvalue weighted by atomic mass is 14.3. The lowest BCUT2D eigenvalue weighted by molar-refractivity contribution is 1.22. The van der Waals surface area contributed by atoms with Gasteiger partial charge in [0.25, 0.3) is 0 Å². The third kappa shape index (κ3) is 1.69. The topological polar surface area (TPSA) is 0 Å². The Hall–Kier alpha value is -2.86. The summed E-state index contributed by atoms with van der Waals surface area (Å²) in [6, 6.07) is 22.7. The summed E-state index contributed by atoms with van der Waals surface area (Å²) < 4.78 is 0. The molecule has 0 atom stereocenters. The van der Waals surface area contributed by atoms with Gasteiger partial charge in [0, 0.05) is 0 Å². The smallest absolute Gasteiger partial charge is 0.000707 e. The summed E-state index contributed by atoms with van der Waals surface area (Å²) in [6.07, 6.45) is 2.14. The van der Waals surface area contributed by atoms with Crippen LogP contribution in [0.5, 0.6) is 0 Å². The zero-order valence-electron chi connectivity index (χ0n) is 15.2. The van der Waals surface area contributed by atoms with Crippen molar-refractivity contribution in [3.05, 3.63) is 94.0 Å². The molecule has 6 rings (SSSR count). The van der Waals surface area contributed by atoms with Crippen LogP contribution in [0.1, 0.15) is 33.4 Å². The lowest BCUT2D eigenvalue weighted by Crippen LogP contribution is -1.93. The van der Waals surface area contributed by atoms with Gasteiger partial charge >= 0.3 is 0 Å². The molecule has 2 aliphatic rings. The third-order valence-electron chi connectivity index (χ3n) is 6.33. The van der Waals surface area contributed by atoms with Gasteiger partial charge in [-0.25, -0.2) is 0 Å². The van der Waals surface area contributed by atoms with Crippen molar-refractivity contribution in [1.29, 1.82) is 0 Å². The summed E-state index contributed by atoms with van der Waals surface area (Å²) in [5, 5.41) is 2.81. The second-order valence-corrected chi connectivity index (χ2v) is 7.87. The highest BCUT2D eigenvalue weighted by molar-refractivity contribution is 6.05. The molecule has 0 radical (unpaired) electrons. The number of rotatable bonds is 0. The van der Waals surface area contributed by atoms with Gasteiger partial charge in [-0.05, 0) is 93.1 Å². The SMILES string of the molecule is Cc1cc2c(c3c1-c1ccccc1C3)-c1c(cc(C)c3ccccc13)C2. The van der Waals surface area contributed by atoms with Gasteiger partial charge in [-0.1, -0.05) is 60.7 Å². The van der Waals surface area contributed by atoms with Crippen molar-refractivity contribution in [3.63, 3.8) is 0 Å². The quantitative estimate of drug-likeness (QED) is 0.294. The molecule has 124 valence electrons. The molecule has 0 unspecified atom stereocenters. The van der Waals surface area contributed by atoms with Crippen LogP contribution in [0, 0.1) is 13.8 Å². The van der Waals surface area contributed by atoms with Crippen molar-refractivity contribution >= 4 is 10.8 Å². The normalized spacial score (nSPS) is 13.5. The van der Waals surface area contributed by atoms with Crippen molar-refractivity contribution in [2.75, 3.05) is 0 Å². The molecule has 2 aliphatic carbocycles. The van der Waals surface area contributed by atoms with E-state index in [0.717, 1.165) is 12.8 Å². The molecule has 4 aromatic carbocycles. The van der Waals surface area contributed by atoms with Gasteiger partial charge in [0.2, 0.25) is 0 Å². The Balaban J connectivity index is 1.75. The molecule has 0 heteroatoms. The lowest BCUT2D eigenvalue weighted by atomic mass is 9.89. The van der Waals surface area contributed by atoms with Crippen LogP contribution in [0.4, 0.5) is 0 Å². The van der Waals surface area contributed by atoms with Gasteiger partial charge < -0.3 is 0 Å². The highest BCUT2D eigenvalue weighted by Gasteiger charge is 2.30. The number of benzene rings is 4. The van der Waals surface area contributed by atoms with E-state index in [-0.39, 0.29) is 0 Å². The van der Waals surface area contributed by atoms with Crippen LogP contribution in [0.15, 0.2) is 60.7 Å². The predicted molar refractivity (Wildman–Crippen MR) is 110 cm³/mol. The third-order valence-corrected chi connectivity index (χ3v) is 6.33. The van der Waals surface area contributed by atoms with E-state index in [0.29, 0.717) is 0 Å². The zero-order valence-corrected chi connectivity index (χ0v) is 15.2. The summed E-state index contributed by atoms with van der Waals surface area (Å²) >= 11 is 0. The van der Waals surface area contributed by atoms with Crippen molar-refractivity contribution in [1.82, 2.24) is 0 Å². The highest BCUT2D eigenvalue weighted by Crippen LogP contribution is 2.51. The second-order valence-electron chi connectivity index (χ2n) is 7.87. The van der Waals surface area contributed by atoms with E-state index in [4.69, 9.17) is 0 Å². The molecular weight excluding hydrogens is 312 g/mol. The fraction of sp³-hybridized carbons (Fsp3) is 0.154. The Kier molecular flexibility index (Phi) is 2.68. The maximum Gasteiger partial charge on any atom is -0.000707 e. The van der Waals surface area contributed by atoms with Gasteiger partial charge in [0.1, 0.15) is 0 Å². The number of hydrogen-bond acceptors (Lipinski definition) is 0. The Morgan fingerprint density at radius 2 is 1.27 bits per heavy atom. The van der Waals surface area contributed by atoms with E-state index >= 15 is 0 Å². The van der Waals surface area contributed by atoms with Gasteiger partial charge in [-0.3, -0.25) is 0 Å². The Morgan fingerprint density at radius 1 is 0.577 bits per heavy atom. The van der Waals surface area contributed by atoms with E-state index < -0.39 is 0 Å². The van der Waals surface area contributed by atoms with Crippen LogP contribution in [0.3, 0.4) is 0 Å². The van der Waals surface area contributed by atoms with Gasteiger partial charge in [0.15, 0.2) is 0 Å². The molecule has 0 amide bonds. The van der Waals surface area contributed by atoms with E-state index in [1.807, 2.05) is 0 Å².